The summed E-state index contributed by atoms with van der Waals surface area (Å²) in [5.41, 5.74) is 5.34. The number of carbonyl (C=O) groups is 1. The van der Waals surface area contributed by atoms with Gasteiger partial charge in [-0.2, -0.15) is 0 Å². The van der Waals surface area contributed by atoms with E-state index in [1.54, 1.807) is 0 Å². The lowest BCUT2D eigenvalue weighted by atomic mass is 10.0. The summed E-state index contributed by atoms with van der Waals surface area (Å²) in [6.07, 6.45) is 3.14. The van der Waals surface area contributed by atoms with E-state index in [1.165, 1.54) is 6.08 Å². The summed E-state index contributed by atoms with van der Waals surface area (Å²) in [5, 5.41) is 0. The Morgan fingerprint density at radius 3 is 3.00 bits per heavy atom. The van der Waals surface area contributed by atoms with Crippen LogP contribution in [0.4, 0.5) is 0 Å². The molecule has 1 rings (SSSR count). The predicted octanol–water partition coefficient (Wildman–Crippen LogP) is 0.0628. The largest absolute Gasteiger partial charge is 0.457 e. The molecule has 0 fully saturated rings. The molecule has 3 heteroatoms. The van der Waals surface area contributed by atoms with Gasteiger partial charge in [0.25, 0.3) is 0 Å². The third-order valence-corrected chi connectivity index (χ3v) is 1.62. The monoisotopic (exact) mass is 141 g/mol. The predicted molar refractivity (Wildman–Crippen MR) is 37.2 cm³/mol. The second-order valence-electron chi connectivity index (χ2n) is 2.43. The van der Waals surface area contributed by atoms with Crippen molar-refractivity contribution in [3.8, 4) is 0 Å². The van der Waals surface area contributed by atoms with Gasteiger partial charge in [0.15, 0.2) is 0 Å². The Morgan fingerprint density at radius 1 is 1.80 bits per heavy atom. The van der Waals surface area contributed by atoms with E-state index in [2.05, 4.69) is 0 Å². The minimum atomic E-state index is -0.284. The average Bonchev–Trinajstić information content (AvgIpc) is 1.94. The van der Waals surface area contributed by atoms with Gasteiger partial charge in [0.05, 0.1) is 0 Å². The van der Waals surface area contributed by atoms with E-state index >= 15 is 0 Å². The quantitative estimate of drug-likeness (QED) is 0.525. The fraction of sp³-hybridized carbons (Fsp3) is 0.571. The van der Waals surface area contributed by atoms with Crippen LogP contribution >= 0.6 is 0 Å². The Bertz CT molecular complexity index is 165. The molecule has 0 bridgehead atoms. The van der Waals surface area contributed by atoms with Crippen LogP contribution in [0.1, 0.15) is 6.92 Å². The van der Waals surface area contributed by atoms with Crippen molar-refractivity contribution >= 4 is 5.97 Å². The van der Waals surface area contributed by atoms with Gasteiger partial charge in [-0.25, -0.2) is 4.79 Å². The zero-order valence-corrected chi connectivity index (χ0v) is 5.91. The zero-order chi connectivity index (χ0) is 7.56. The highest BCUT2D eigenvalue weighted by molar-refractivity contribution is 5.82. The molecule has 56 valence electrons. The van der Waals surface area contributed by atoms with Crippen LogP contribution < -0.4 is 5.73 Å². The molecule has 2 N–H and O–H groups in total. The Hall–Kier alpha value is -0.830. The lowest BCUT2D eigenvalue weighted by Crippen LogP contribution is -2.33. The maximum atomic E-state index is 10.6. The van der Waals surface area contributed by atoms with Gasteiger partial charge >= 0.3 is 5.97 Å². The molecule has 0 amide bonds. The Labute approximate surface area is 59.8 Å². The van der Waals surface area contributed by atoms with E-state index in [4.69, 9.17) is 10.5 Å². The van der Waals surface area contributed by atoms with Crippen molar-refractivity contribution < 1.29 is 9.53 Å². The van der Waals surface area contributed by atoms with Crippen LogP contribution in [0.25, 0.3) is 0 Å². The fourth-order valence-corrected chi connectivity index (χ4v) is 0.913. The number of hydrogen-bond acceptors (Lipinski definition) is 3. The van der Waals surface area contributed by atoms with Gasteiger partial charge in [0.2, 0.25) is 0 Å². The van der Waals surface area contributed by atoms with Crippen molar-refractivity contribution in [3.63, 3.8) is 0 Å². The molecule has 0 radical (unpaired) electrons. The summed E-state index contributed by atoms with van der Waals surface area (Å²) in [5.74, 6) is -0.0312. The molecule has 0 aromatic rings. The molecule has 10 heavy (non-hydrogen) atoms. The fourth-order valence-electron chi connectivity index (χ4n) is 0.913. The maximum Gasteiger partial charge on any atom is 0.330 e. The number of nitrogens with two attached hydrogens (primary N) is 1. The first-order valence-electron chi connectivity index (χ1n) is 3.33. The normalized spacial score (nSPS) is 32.0. The average molecular weight is 141 g/mol. The van der Waals surface area contributed by atoms with Crippen molar-refractivity contribution in [1.29, 1.82) is 0 Å². The van der Waals surface area contributed by atoms with Crippen LogP contribution in [-0.2, 0) is 9.53 Å². The number of ether oxygens (including phenoxy) is 1. The molecular weight excluding hydrogens is 130 g/mol. The van der Waals surface area contributed by atoms with E-state index in [0.29, 0.717) is 6.54 Å². The minimum Gasteiger partial charge on any atom is -0.457 e. The van der Waals surface area contributed by atoms with Gasteiger partial charge in [-0.05, 0) is 0 Å². The molecule has 0 unspecified atom stereocenters. The molecule has 1 heterocycles. The molecule has 0 saturated carbocycles. The highest BCUT2D eigenvalue weighted by Gasteiger charge is 2.20. The van der Waals surface area contributed by atoms with E-state index in [-0.39, 0.29) is 18.0 Å². The lowest BCUT2D eigenvalue weighted by Gasteiger charge is -2.22. The molecular formula is C7H11NO2. The van der Waals surface area contributed by atoms with Crippen molar-refractivity contribution in [2.75, 3.05) is 6.54 Å². The number of esters is 1. The van der Waals surface area contributed by atoms with Crippen LogP contribution in [0.3, 0.4) is 0 Å². The third-order valence-electron chi connectivity index (χ3n) is 1.62. The summed E-state index contributed by atoms with van der Waals surface area (Å²) in [6.45, 7) is 2.37. The zero-order valence-electron chi connectivity index (χ0n) is 5.91. The Kier molecular flexibility index (Phi) is 2.06. The van der Waals surface area contributed by atoms with E-state index in [9.17, 15) is 4.79 Å². The maximum absolute atomic E-state index is 10.6. The summed E-state index contributed by atoms with van der Waals surface area (Å²) in [4.78, 5) is 10.6. The topological polar surface area (TPSA) is 52.3 Å². The minimum absolute atomic E-state index is 0.127. The Balaban J connectivity index is 2.62. The van der Waals surface area contributed by atoms with Gasteiger partial charge in [-0.15, -0.1) is 0 Å². The van der Waals surface area contributed by atoms with Crippen LogP contribution in [0.5, 0.6) is 0 Å². The molecule has 0 aromatic heterocycles. The van der Waals surface area contributed by atoms with E-state index < -0.39 is 0 Å². The SMILES string of the molecule is C[C@@H]1C=CC(=O)O[C@H]1CN. The van der Waals surface area contributed by atoms with E-state index in [1.807, 2.05) is 13.0 Å². The number of rotatable bonds is 1. The second kappa shape index (κ2) is 2.84. The first-order valence-corrected chi connectivity index (χ1v) is 3.33. The van der Waals surface area contributed by atoms with E-state index in [0.717, 1.165) is 0 Å². The second-order valence-corrected chi connectivity index (χ2v) is 2.43. The van der Waals surface area contributed by atoms with Crippen LogP contribution in [0.15, 0.2) is 12.2 Å². The number of cyclic esters (lactones) is 1. The highest BCUT2D eigenvalue weighted by atomic mass is 16.5. The van der Waals surface area contributed by atoms with Crippen molar-refractivity contribution in [1.82, 2.24) is 0 Å². The van der Waals surface area contributed by atoms with Crippen LogP contribution in [-0.4, -0.2) is 18.6 Å². The third kappa shape index (κ3) is 1.36. The first-order chi connectivity index (χ1) is 4.74. The number of carbonyl (C=O) groups excluding carboxylic acids is 1. The lowest BCUT2D eigenvalue weighted by molar-refractivity contribution is -0.145. The van der Waals surface area contributed by atoms with Crippen molar-refractivity contribution in [2.24, 2.45) is 11.7 Å². The standard InChI is InChI=1S/C7H11NO2/c1-5-2-3-7(9)10-6(5)4-8/h2-3,5-6H,4,8H2,1H3/t5-,6+/m1/s1. The molecule has 2 atom stereocenters. The van der Waals surface area contributed by atoms with Crippen LogP contribution in [0.2, 0.25) is 0 Å². The summed E-state index contributed by atoms with van der Waals surface area (Å²) < 4.78 is 4.90. The first kappa shape index (κ1) is 7.28. The number of hydrogen-bond donors (Lipinski definition) is 1. The molecule has 0 aromatic carbocycles. The Morgan fingerprint density at radius 2 is 2.50 bits per heavy atom. The van der Waals surface area contributed by atoms with Gasteiger partial charge in [-0.1, -0.05) is 13.0 Å². The highest BCUT2D eigenvalue weighted by Crippen LogP contribution is 2.13. The molecule has 3 nitrogen and oxygen atoms in total. The van der Waals surface area contributed by atoms with Gasteiger partial charge < -0.3 is 10.5 Å². The van der Waals surface area contributed by atoms with Gasteiger partial charge in [0, 0.05) is 18.5 Å². The van der Waals surface area contributed by atoms with Gasteiger partial charge in [0.1, 0.15) is 6.10 Å². The van der Waals surface area contributed by atoms with Crippen molar-refractivity contribution in [3.05, 3.63) is 12.2 Å². The van der Waals surface area contributed by atoms with Crippen LogP contribution in [0, 0.1) is 5.92 Å². The summed E-state index contributed by atoms with van der Waals surface area (Å²) >= 11 is 0. The summed E-state index contributed by atoms with van der Waals surface area (Å²) in [6, 6.07) is 0. The molecule has 0 aliphatic carbocycles. The molecule has 0 saturated heterocycles. The van der Waals surface area contributed by atoms with Gasteiger partial charge in [-0.3, -0.25) is 0 Å². The molecule has 1 aliphatic heterocycles. The smallest absolute Gasteiger partial charge is 0.330 e. The molecule has 0 spiro atoms. The summed E-state index contributed by atoms with van der Waals surface area (Å²) in [7, 11) is 0. The van der Waals surface area contributed by atoms with Crippen molar-refractivity contribution in [2.45, 2.75) is 13.0 Å². The molecule has 1 aliphatic rings.